The second-order valence-corrected chi connectivity index (χ2v) is 4.10. The van der Waals surface area contributed by atoms with Gasteiger partial charge in [-0.2, -0.15) is 0 Å². The highest BCUT2D eigenvalue weighted by atomic mass is 35.5. The van der Waals surface area contributed by atoms with E-state index in [9.17, 15) is 0 Å². The Kier molecular flexibility index (Phi) is 7.78. The third-order valence-electron chi connectivity index (χ3n) is 3.24. The maximum absolute atomic E-state index is 2.33. The summed E-state index contributed by atoms with van der Waals surface area (Å²) in [5.74, 6) is 0. The lowest BCUT2D eigenvalue weighted by Gasteiger charge is -2.31. The van der Waals surface area contributed by atoms with Crippen molar-refractivity contribution in [3.05, 3.63) is 0 Å². The summed E-state index contributed by atoms with van der Waals surface area (Å²) in [4.78, 5) is 1.87. The first-order valence-electron chi connectivity index (χ1n) is 5.73. The Morgan fingerprint density at radius 1 is 1.23 bits per heavy atom. The van der Waals surface area contributed by atoms with Gasteiger partial charge in [0.2, 0.25) is 0 Å². The number of hydrogen-bond donors (Lipinski definition) is 1. The first-order valence-corrected chi connectivity index (χ1v) is 5.73. The molecule has 1 N–H and O–H groups in total. The Labute approximate surface area is 89.3 Å². The van der Waals surface area contributed by atoms with Crippen LogP contribution < -0.4 is 17.3 Å². The molecule has 1 rings (SSSR count). The molecule has 13 heavy (non-hydrogen) atoms. The van der Waals surface area contributed by atoms with Crippen LogP contribution in [0.2, 0.25) is 0 Å². The van der Waals surface area contributed by atoms with Gasteiger partial charge in [-0.05, 0) is 39.0 Å². The fraction of sp³-hybridized carbons (Fsp3) is 1.00. The highest BCUT2D eigenvalue weighted by Crippen LogP contribution is 2.09. The molecule has 1 aliphatic heterocycles. The minimum absolute atomic E-state index is 0. The minimum Gasteiger partial charge on any atom is -1.00 e. The topological polar surface area (TPSA) is 4.44 Å². The van der Waals surface area contributed by atoms with E-state index in [4.69, 9.17) is 0 Å². The molecule has 1 fully saturated rings. The van der Waals surface area contributed by atoms with Crippen molar-refractivity contribution in [3.63, 3.8) is 0 Å². The number of piperidine rings is 1. The zero-order valence-corrected chi connectivity index (χ0v) is 9.87. The molecule has 0 aromatic rings. The van der Waals surface area contributed by atoms with Crippen molar-refractivity contribution in [1.82, 2.24) is 0 Å². The lowest BCUT2D eigenvalue weighted by molar-refractivity contribution is -0.929. The summed E-state index contributed by atoms with van der Waals surface area (Å²) in [7, 11) is 0. The summed E-state index contributed by atoms with van der Waals surface area (Å²) in [6.45, 7) is 7.41. The summed E-state index contributed by atoms with van der Waals surface area (Å²) in [6.07, 6.45) is 8.72. The lowest BCUT2D eigenvalue weighted by atomic mass is 9.97. The van der Waals surface area contributed by atoms with Gasteiger partial charge < -0.3 is 17.3 Å². The zero-order valence-electron chi connectivity index (χ0n) is 9.11. The normalized spacial score (nSPS) is 28.2. The van der Waals surface area contributed by atoms with Crippen LogP contribution in [0.1, 0.15) is 52.4 Å². The first kappa shape index (κ1) is 13.2. The van der Waals surface area contributed by atoms with Gasteiger partial charge in [0.15, 0.2) is 0 Å². The van der Waals surface area contributed by atoms with Crippen LogP contribution in [0.5, 0.6) is 0 Å². The molecule has 2 unspecified atom stereocenters. The summed E-state index contributed by atoms with van der Waals surface area (Å²) >= 11 is 0. The Morgan fingerprint density at radius 3 is 2.62 bits per heavy atom. The minimum atomic E-state index is 0. The molecule has 80 valence electrons. The van der Waals surface area contributed by atoms with Crippen LogP contribution in [0, 0.1) is 0 Å². The molecular formula is C11H24ClN. The number of quaternary nitrogens is 1. The smallest absolute Gasteiger partial charge is 0.0874 e. The predicted octanol–water partition coefficient (Wildman–Crippen LogP) is -1.36. The third kappa shape index (κ3) is 4.33. The van der Waals surface area contributed by atoms with Crippen LogP contribution in [-0.4, -0.2) is 19.1 Å². The SMILES string of the molecule is CCCCC1CCCC[NH+]1CC.[Cl-]. The molecule has 0 bridgehead atoms. The highest BCUT2D eigenvalue weighted by Gasteiger charge is 2.23. The van der Waals surface area contributed by atoms with E-state index in [1.165, 1.54) is 51.6 Å². The van der Waals surface area contributed by atoms with Gasteiger partial charge in [-0.25, -0.2) is 0 Å². The summed E-state index contributed by atoms with van der Waals surface area (Å²) in [5.41, 5.74) is 0. The summed E-state index contributed by atoms with van der Waals surface area (Å²) < 4.78 is 0. The molecule has 0 amide bonds. The quantitative estimate of drug-likeness (QED) is 0.579. The molecule has 0 aromatic heterocycles. The Balaban J connectivity index is 0.00000144. The zero-order chi connectivity index (χ0) is 8.81. The van der Waals surface area contributed by atoms with Gasteiger partial charge in [-0.3, -0.25) is 0 Å². The van der Waals surface area contributed by atoms with Crippen molar-refractivity contribution in [2.24, 2.45) is 0 Å². The average molecular weight is 206 g/mol. The van der Waals surface area contributed by atoms with E-state index < -0.39 is 0 Å². The van der Waals surface area contributed by atoms with E-state index in [-0.39, 0.29) is 12.4 Å². The number of hydrogen-bond acceptors (Lipinski definition) is 0. The van der Waals surface area contributed by atoms with E-state index in [1.807, 2.05) is 4.90 Å². The van der Waals surface area contributed by atoms with Gasteiger partial charge in [0.1, 0.15) is 0 Å². The van der Waals surface area contributed by atoms with E-state index >= 15 is 0 Å². The van der Waals surface area contributed by atoms with Crippen LogP contribution in [0.4, 0.5) is 0 Å². The van der Waals surface area contributed by atoms with E-state index in [2.05, 4.69) is 13.8 Å². The number of nitrogens with one attached hydrogen (secondary N) is 1. The molecular weight excluding hydrogens is 182 g/mol. The summed E-state index contributed by atoms with van der Waals surface area (Å²) in [5, 5.41) is 0. The monoisotopic (exact) mass is 205 g/mol. The molecule has 0 saturated carbocycles. The van der Waals surface area contributed by atoms with Crippen molar-refractivity contribution in [2.45, 2.75) is 58.4 Å². The Morgan fingerprint density at radius 2 is 2.00 bits per heavy atom. The standard InChI is InChI=1S/C11H23N.ClH/c1-3-5-8-11-9-6-7-10-12(11)4-2;/h11H,3-10H2,1-2H3;1H. The molecule has 1 heterocycles. The van der Waals surface area contributed by atoms with Crippen molar-refractivity contribution in [1.29, 1.82) is 0 Å². The third-order valence-corrected chi connectivity index (χ3v) is 3.24. The Hall–Kier alpha value is 0.250. The molecule has 1 nitrogen and oxygen atoms in total. The second kappa shape index (κ2) is 7.64. The fourth-order valence-corrected chi connectivity index (χ4v) is 2.42. The molecule has 0 spiro atoms. The predicted molar refractivity (Wildman–Crippen MR) is 53.5 cm³/mol. The van der Waals surface area contributed by atoms with Crippen LogP contribution in [0.15, 0.2) is 0 Å². The van der Waals surface area contributed by atoms with Gasteiger partial charge in [-0.1, -0.05) is 13.3 Å². The molecule has 2 heteroatoms. The largest absolute Gasteiger partial charge is 1.00 e. The number of likely N-dealkylation sites (tertiary alicyclic amines) is 1. The molecule has 0 aromatic carbocycles. The second-order valence-electron chi connectivity index (χ2n) is 4.10. The fourth-order valence-electron chi connectivity index (χ4n) is 2.42. The molecule has 0 radical (unpaired) electrons. The molecule has 2 atom stereocenters. The van der Waals surface area contributed by atoms with Gasteiger partial charge >= 0.3 is 0 Å². The lowest BCUT2D eigenvalue weighted by Crippen LogP contribution is -3.16. The number of unbranched alkanes of at least 4 members (excludes halogenated alkanes) is 1. The average Bonchev–Trinajstić information content (AvgIpc) is 2.15. The summed E-state index contributed by atoms with van der Waals surface area (Å²) in [6, 6.07) is 1.00. The maximum Gasteiger partial charge on any atom is 0.0874 e. The van der Waals surface area contributed by atoms with Gasteiger partial charge in [0.25, 0.3) is 0 Å². The van der Waals surface area contributed by atoms with Crippen molar-refractivity contribution >= 4 is 0 Å². The van der Waals surface area contributed by atoms with E-state index in [0.717, 1.165) is 6.04 Å². The van der Waals surface area contributed by atoms with Crippen molar-refractivity contribution in [2.75, 3.05) is 13.1 Å². The number of rotatable bonds is 4. The first-order chi connectivity index (χ1) is 5.88. The highest BCUT2D eigenvalue weighted by molar-refractivity contribution is 4.61. The van der Waals surface area contributed by atoms with Gasteiger partial charge in [-0.15, -0.1) is 0 Å². The van der Waals surface area contributed by atoms with Crippen molar-refractivity contribution < 1.29 is 17.3 Å². The van der Waals surface area contributed by atoms with Gasteiger partial charge in [0, 0.05) is 0 Å². The van der Waals surface area contributed by atoms with Crippen LogP contribution in [-0.2, 0) is 0 Å². The molecule has 1 saturated heterocycles. The van der Waals surface area contributed by atoms with Crippen LogP contribution in [0.25, 0.3) is 0 Å². The Bertz CT molecular complexity index is 117. The van der Waals surface area contributed by atoms with Crippen molar-refractivity contribution in [3.8, 4) is 0 Å². The maximum atomic E-state index is 2.33. The van der Waals surface area contributed by atoms with Gasteiger partial charge in [0.05, 0.1) is 19.1 Å². The van der Waals surface area contributed by atoms with Crippen LogP contribution in [0.3, 0.4) is 0 Å². The van der Waals surface area contributed by atoms with E-state index in [1.54, 1.807) is 0 Å². The van der Waals surface area contributed by atoms with Crippen LogP contribution >= 0.6 is 0 Å². The molecule has 1 aliphatic rings. The molecule has 0 aliphatic carbocycles. The number of halogens is 1. The van der Waals surface area contributed by atoms with E-state index in [0.29, 0.717) is 0 Å².